The first-order chi connectivity index (χ1) is 10.0. The highest BCUT2D eigenvalue weighted by molar-refractivity contribution is 5.80. The van der Waals surface area contributed by atoms with Gasteiger partial charge in [0.05, 0.1) is 0 Å². The molecule has 1 aliphatic carbocycles. The maximum Gasteiger partial charge on any atom is 0.408 e. The third-order valence-corrected chi connectivity index (χ3v) is 4.00. The maximum absolute atomic E-state index is 11.8. The molecule has 2 N–H and O–H groups in total. The number of allylic oxidation sites excluding steroid dienone is 1. The standard InChI is InChI=1S/C16H27NO4/c1-3-4-5-6-9-12(2)14(15(18)19)17-16(20)21-13-10-7-8-11-13/h3,12-14H,1,4-11H2,2H3,(H,17,20)(H,18,19)/t12-,14+/m1/s1. The quantitative estimate of drug-likeness (QED) is 0.504. The largest absolute Gasteiger partial charge is 0.480 e. The lowest BCUT2D eigenvalue weighted by atomic mass is 9.95. The van der Waals surface area contributed by atoms with E-state index in [0.717, 1.165) is 51.4 Å². The predicted octanol–water partition coefficient (Wildman–Crippen LogP) is 3.49. The van der Waals surface area contributed by atoms with Crippen LogP contribution in [0, 0.1) is 5.92 Å². The Bertz CT molecular complexity index is 350. The molecule has 0 saturated heterocycles. The molecule has 1 aliphatic rings. The fourth-order valence-corrected chi connectivity index (χ4v) is 2.69. The lowest BCUT2D eigenvalue weighted by Gasteiger charge is -2.22. The summed E-state index contributed by atoms with van der Waals surface area (Å²) in [5, 5.41) is 11.8. The number of hydrogen-bond acceptors (Lipinski definition) is 3. The van der Waals surface area contributed by atoms with Crippen LogP contribution in [0.5, 0.6) is 0 Å². The van der Waals surface area contributed by atoms with Crippen LogP contribution in [-0.4, -0.2) is 29.3 Å². The third kappa shape index (κ3) is 6.65. The summed E-state index contributed by atoms with van der Waals surface area (Å²) in [6.45, 7) is 5.51. The van der Waals surface area contributed by atoms with Gasteiger partial charge in [-0.3, -0.25) is 0 Å². The Kier molecular flexibility index (Phi) is 7.87. The van der Waals surface area contributed by atoms with Crippen LogP contribution in [0.3, 0.4) is 0 Å². The Morgan fingerprint density at radius 1 is 1.38 bits per heavy atom. The van der Waals surface area contributed by atoms with E-state index in [4.69, 9.17) is 4.74 Å². The Hall–Kier alpha value is -1.52. The lowest BCUT2D eigenvalue weighted by molar-refractivity contribution is -0.140. The number of carboxylic acids is 1. The zero-order valence-electron chi connectivity index (χ0n) is 12.8. The number of nitrogens with one attached hydrogen (secondary N) is 1. The summed E-state index contributed by atoms with van der Waals surface area (Å²) in [5.74, 6) is -1.13. The minimum atomic E-state index is -1.01. The number of amides is 1. The minimum absolute atomic E-state index is 0.0534. The number of aliphatic carboxylic acids is 1. The minimum Gasteiger partial charge on any atom is -0.480 e. The lowest BCUT2D eigenvalue weighted by Crippen LogP contribution is -2.46. The van der Waals surface area contributed by atoms with Crippen molar-refractivity contribution in [3.05, 3.63) is 12.7 Å². The van der Waals surface area contributed by atoms with E-state index in [1.165, 1.54) is 0 Å². The molecule has 0 radical (unpaired) electrons. The van der Waals surface area contributed by atoms with Crippen LogP contribution in [0.25, 0.3) is 0 Å². The van der Waals surface area contributed by atoms with Gasteiger partial charge in [0.2, 0.25) is 0 Å². The second-order valence-corrected chi connectivity index (χ2v) is 5.82. The first-order valence-corrected chi connectivity index (χ1v) is 7.85. The molecule has 0 spiro atoms. The molecule has 0 aromatic carbocycles. The molecular formula is C16H27NO4. The van der Waals surface area contributed by atoms with Gasteiger partial charge >= 0.3 is 12.1 Å². The van der Waals surface area contributed by atoms with E-state index in [1.54, 1.807) is 0 Å². The highest BCUT2D eigenvalue weighted by atomic mass is 16.6. The van der Waals surface area contributed by atoms with Gasteiger partial charge < -0.3 is 15.2 Å². The van der Waals surface area contributed by atoms with Crippen LogP contribution in [0.2, 0.25) is 0 Å². The molecule has 1 rings (SSSR count). The third-order valence-electron chi connectivity index (χ3n) is 4.00. The van der Waals surface area contributed by atoms with Gasteiger partial charge in [0.25, 0.3) is 0 Å². The van der Waals surface area contributed by atoms with E-state index in [0.29, 0.717) is 0 Å². The zero-order chi connectivity index (χ0) is 15.7. The van der Waals surface area contributed by atoms with Gasteiger partial charge in [0, 0.05) is 0 Å². The van der Waals surface area contributed by atoms with Crippen LogP contribution < -0.4 is 5.32 Å². The topological polar surface area (TPSA) is 75.6 Å². The van der Waals surface area contributed by atoms with Crippen LogP contribution in [-0.2, 0) is 9.53 Å². The molecule has 0 unspecified atom stereocenters. The van der Waals surface area contributed by atoms with E-state index in [-0.39, 0.29) is 12.0 Å². The van der Waals surface area contributed by atoms with E-state index >= 15 is 0 Å². The van der Waals surface area contributed by atoms with Gasteiger partial charge in [0.15, 0.2) is 0 Å². The molecule has 0 aliphatic heterocycles. The van der Waals surface area contributed by atoms with Crippen molar-refractivity contribution in [2.75, 3.05) is 0 Å². The molecular weight excluding hydrogens is 270 g/mol. The average molecular weight is 297 g/mol. The normalized spacial score (nSPS) is 18.0. The summed E-state index contributed by atoms with van der Waals surface area (Å²) in [4.78, 5) is 23.1. The van der Waals surface area contributed by atoms with E-state index in [1.807, 2.05) is 13.0 Å². The van der Waals surface area contributed by atoms with Crippen molar-refractivity contribution in [2.24, 2.45) is 5.92 Å². The number of hydrogen-bond donors (Lipinski definition) is 2. The van der Waals surface area contributed by atoms with Crippen molar-refractivity contribution >= 4 is 12.1 Å². The van der Waals surface area contributed by atoms with Crippen LogP contribution in [0.4, 0.5) is 4.79 Å². The van der Waals surface area contributed by atoms with Crippen molar-refractivity contribution < 1.29 is 19.4 Å². The van der Waals surface area contributed by atoms with Crippen molar-refractivity contribution in [3.8, 4) is 0 Å². The predicted molar refractivity (Wildman–Crippen MR) is 81.1 cm³/mol. The smallest absolute Gasteiger partial charge is 0.408 e. The number of rotatable bonds is 9. The summed E-state index contributed by atoms with van der Waals surface area (Å²) >= 11 is 0. The molecule has 5 heteroatoms. The highest BCUT2D eigenvalue weighted by Gasteiger charge is 2.28. The van der Waals surface area contributed by atoms with E-state index < -0.39 is 18.1 Å². The summed E-state index contributed by atoms with van der Waals surface area (Å²) in [7, 11) is 0. The number of ether oxygens (including phenoxy) is 1. The van der Waals surface area contributed by atoms with Crippen LogP contribution >= 0.6 is 0 Å². The molecule has 2 atom stereocenters. The molecule has 0 bridgehead atoms. The molecule has 5 nitrogen and oxygen atoms in total. The number of carbonyl (C=O) groups is 2. The van der Waals surface area contributed by atoms with Gasteiger partial charge in [-0.1, -0.05) is 19.4 Å². The van der Waals surface area contributed by atoms with Crippen molar-refractivity contribution in [3.63, 3.8) is 0 Å². The second kappa shape index (κ2) is 9.42. The first-order valence-electron chi connectivity index (χ1n) is 7.85. The molecule has 0 aromatic heterocycles. The number of carbonyl (C=O) groups excluding carboxylic acids is 1. The molecule has 1 amide bonds. The fraction of sp³-hybridized carbons (Fsp3) is 0.750. The SMILES string of the molecule is C=CCCCC[C@@H](C)[C@H](NC(=O)OC1CCCC1)C(=O)O. The van der Waals surface area contributed by atoms with Gasteiger partial charge in [0.1, 0.15) is 12.1 Å². The molecule has 0 aromatic rings. The molecule has 1 fully saturated rings. The van der Waals surface area contributed by atoms with Crippen LogP contribution in [0.15, 0.2) is 12.7 Å². The summed E-state index contributed by atoms with van der Waals surface area (Å²) in [5.41, 5.74) is 0. The molecule has 0 heterocycles. The Balaban J connectivity index is 2.38. The van der Waals surface area contributed by atoms with E-state index in [2.05, 4.69) is 11.9 Å². The van der Waals surface area contributed by atoms with Crippen molar-refractivity contribution in [1.29, 1.82) is 0 Å². The fourth-order valence-electron chi connectivity index (χ4n) is 2.69. The summed E-state index contributed by atoms with van der Waals surface area (Å²) in [6, 6.07) is -0.886. The van der Waals surface area contributed by atoms with Gasteiger partial charge in [-0.2, -0.15) is 0 Å². The monoisotopic (exact) mass is 297 g/mol. The van der Waals surface area contributed by atoms with E-state index in [9.17, 15) is 14.7 Å². The van der Waals surface area contributed by atoms with Crippen molar-refractivity contribution in [2.45, 2.75) is 70.4 Å². The van der Waals surface area contributed by atoms with Crippen molar-refractivity contribution in [1.82, 2.24) is 5.32 Å². The summed E-state index contributed by atoms with van der Waals surface area (Å²) < 4.78 is 5.26. The zero-order valence-corrected chi connectivity index (χ0v) is 12.8. The highest BCUT2D eigenvalue weighted by Crippen LogP contribution is 2.21. The first kappa shape index (κ1) is 17.5. The Labute approximate surface area is 126 Å². The summed E-state index contributed by atoms with van der Waals surface area (Å²) in [6.07, 6.45) is 8.70. The Morgan fingerprint density at radius 2 is 2.05 bits per heavy atom. The van der Waals surface area contributed by atoms with Gasteiger partial charge in [-0.05, 0) is 50.9 Å². The number of alkyl carbamates (subject to hydrolysis) is 1. The van der Waals surface area contributed by atoms with Crippen LogP contribution in [0.1, 0.15) is 58.3 Å². The number of unbranched alkanes of at least 4 members (excludes halogenated alkanes) is 2. The maximum atomic E-state index is 11.8. The van der Waals surface area contributed by atoms with Gasteiger partial charge in [-0.25, -0.2) is 9.59 Å². The van der Waals surface area contributed by atoms with Gasteiger partial charge in [-0.15, -0.1) is 6.58 Å². The Morgan fingerprint density at radius 3 is 2.62 bits per heavy atom. The average Bonchev–Trinajstić information content (AvgIpc) is 2.93. The number of carboxylic acid groups (broad SMARTS) is 1. The molecule has 1 saturated carbocycles. The second-order valence-electron chi connectivity index (χ2n) is 5.82. The molecule has 120 valence electrons. The molecule has 21 heavy (non-hydrogen) atoms.